The quantitative estimate of drug-likeness (QED) is 0.704. The van der Waals surface area contributed by atoms with Crippen LogP contribution in [0.25, 0.3) is 0 Å². The van der Waals surface area contributed by atoms with Crippen LogP contribution < -0.4 is 0 Å². The van der Waals surface area contributed by atoms with Crippen molar-refractivity contribution in [2.75, 3.05) is 13.2 Å². The number of ether oxygens (including phenoxy) is 1. The van der Waals surface area contributed by atoms with Crippen molar-refractivity contribution < 1.29 is 13.2 Å². The first-order valence-corrected chi connectivity index (χ1v) is 6.37. The third kappa shape index (κ3) is 2.46. The Morgan fingerprint density at radius 2 is 2.07 bits per heavy atom. The smallest absolute Gasteiger partial charge is 0.156 e. The van der Waals surface area contributed by atoms with E-state index in [4.69, 9.17) is 10.00 Å². The number of nitriles is 1. The molecule has 0 aromatic heterocycles. The molecule has 1 aliphatic heterocycles. The molecule has 0 N–H and O–H groups in total. The summed E-state index contributed by atoms with van der Waals surface area (Å²) in [5.74, 6) is 0. The highest BCUT2D eigenvalue weighted by molar-refractivity contribution is 7.92. The molecular weight excluding hydrogens is 202 g/mol. The molecule has 80 valence electrons. The molecule has 0 aromatic rings. The van der Waals surface area contributed by atoms with Crippen LogP contribution in [-0.4, -0.2) is 32.1 Å². The van der Waals surface area contributed by atoms with Crippen LogP contribution in [0.4, 0.5) is 0 Å². The Labute approximate surface area is 84.8 Å². The maximum Gasteiger partial charge on any atom is 0.156 e. The first-order chi connectivity index (χ1) is 6.59. The van der Waals surface area contributed by atoms with Crippen LogP contribution >= 0.6 is 0 Å². The summed E-state index contributed by atoms with van der Waals surface area (Å²) in [6, 6.07) is 1.90. The Morgan fingerprint density at radius 3 is 2.57 bits per heavy atom. The van der Waals surface area contributed by atoms with Gasteiger partial charge in [0.15, 0.2) is 9.84 Å². The molecule has 0 radical (unpaired) electrons. The summed E-state index contributed by atoms with van der Waals surface area (Å²) in [5.41, 5.74) is 0. The zero-order chi connectivity index (χ0) is 10.6. The van der Waals surface area contributed by atoms with Crippen molar-refractivity contribution in [2.45, 2.75) is 36.7 Å². The molecule has 0 spiro atoms. The van der Waals surface area contributed by atoms with Gasteiger partial charge in [0, 0.05) is 13.2 Å². The SMILES string of the molecule is CC(CC#N)S(=O)(=O)C1CCOCC1. The van der Waals surface area contributed by atoms with Crippen molar-refractivity contribution in [3.63, 3.8) is 0 Å². The van der Waals surface area contributed by atoms with Crippen LogP contribution in [0.1, 0.15) is 26.2 Å². The van der Waals surface area contributed by atoms with E-state index in [9.17, 15) is 8.42 Å². The molecule has 1 atom stereocenters. The van der Waals surface area contributed by atoms with Crippen molar-refractivity contribution in [1.82, 2.24) is 0 Å². The van der Waals surface area contributed by atoms with Gasteiger partial charge in [-0.3, -0.25) is 0 Å². The second kappa shape index (κ2) is 4.76. The Morgan fingerprint density at radius 1 is 1.50 bits per heavy atom. The first kappa shape index (κ1) is 11.5. The minimum atomic E-state index is -3.13. The lowest BCUT2D eigenvalue weighted by Crippen LogP contribution is -2.34. The van der Waals surface area contributed by atoms with E-state index in [2.05, 4.69) is 0 Å². The van der Waals surface area contributed by atoms with Crippen molar-refractivity contribution in [1.29, 1.82) is 5.26 Å². The zero-order valence-corrected chi connectivity index (χ0v) is 9.09. The number of sulfone groups is 1. The van der Waals surface area contributed by atoms with Crippen molar-refractivity contribution in [3.8, 4) is 6.07 Å². The van der Waals surface area contributed by atoms with E-state index in [0.29, 0.717) is 26.1 Å². The number of rotatable bonds is 3. The van der Waals surface area contributed by atoms with Gasteiger partial charge >= 0.3 is 0 Å². The van der Waals surface area contributed by atoms with Crippen LogP contribution in [0.2, 0.25) is 0 Å². The zero-order valence-electron chi connectivity index (χ0n) is 8.27. The fourth-order valence-electron chi connectivity index (χ4n) is 1.58. The molecule has 1 heterocycles. The lowest BCUT2D eigenvalue weighted by atomic mass is 10.2. The highest BCUT2D eigenvalue weighted by Crippen LogP contribution is 2.21. The Hall–Kier alpha value is -0.600. The summed E-state index contributed by atoms with van der Waals surface area (Å²) in [6.45, 7) is 2.64. The van der Waals surface area contributed by atoms with Crippen LogP contribution in [0.3, 0.4) is 0 Å². The lowest BCUT2D eigenvalue weighted by Gasteiger charge is -2.24. The summed E-state index contributed by atoms with van der Waals surface area (Å²) >= 11 is 0. The molecule has 1 unspecified atom stereocenters. The van der Waals surface area contributed by atoms with Gasteiger partial charge in [0.25, 0.3) is 0 Å². The van der Waals surface area contributed by atoms with Gasteiger partial charge in [0.2, 0.25) is 0 Å². The monoisotopic (exact) mass is 217 g/mol. The fourth-order valence-corrected chi connectivity index (χ4v) is 3.39. The molecule has 5 heteroatoms. The first-order valence-electron chi connectivity index (χ1n) is 4.76. The summed E-state index contributed by atoms with van der Waals surface area (Å²) in [4.78, 5) is 0. The van der Waals surface area contributed by atoms with Gasteiger partial charge in [-0.15, -0.1) is 0 Å². The topological polar surface area (TPSA) is 67.2 Å². The Balaban J connectivity index is 2.68. The average Bonchev–Trinajstić information content (AvgIpc) is 2.19. The molecule has 1 saturated heterocycles. The normalized spacial score (nSPS) is 21.4. The Kier molecular flexibility index (Phi) is 3.90. The van der Waals surface area contributed by atoms with Crippen LogP contribution in [0.15, 0.2) is 0 Å². The van der Waals surface area contributed by atoms with Gasteiger partial charge < -0.3 is 4.74 Å². The molecule has 0 bridgehead atoms. The number of hydrogen-bond acceptors (Lipinski definition) is 4. The molecule has 0 amide bonds. The molecule has 14 heavy (non-hydrogen) atoms. The highest BCUT2D eigenvalue weighted by Gasteiger charge is 2.32. The fraction of sp³-hybridized carbons (Fsp3) is 0.889. The van der Waals surface area contributed by atoms with Gasteiger partial charge in [-0.05, 0) is 19.8 Å². The molecule has 0 saturated carbocycles. The molecule has 0 aromatic carbocycles. The third-order valence-corrected chi connectivity index (χ3v) is 5.26. The van der Waals surface area contributed by atoms with Crippen molar-refractivity contribution in [2.24, 2.45) is 0 Å². The van der Waals surface area contributed by atoms with Gasteiger partial charge in [0.1, 0.15) is 0 Å². The van der Waals surface area contributed by atoms with E-state index >= 15 is 0 Å². The van der Waals surface area contributed by atoms with Gasteiger partial charge in [-0.2, -0.15) is 5.26 Å². The van der Waals surface area contributed by atoms with E-state index in [-0.39, 0.29) is 11.7 Å². The average molecular weight is 217 g/mol. The second-order valence-corrected chi connectivity index (χ2v) is 6.22. The van der Waals surface area contributed by atoms with Gasteiger partial charge in [-0.25, -0.2) is 8.42 Å². The molecule has 1 fully saturated rings. The van der Waals surface area contributed by atoms with Crippen molar-refractivity contribution >= 4 is 9.84 Å². The van der Waals surface area contributed by atoms with Gasteiger partial charge in [0.05, 0.1) is 23.0 Å². The molecule has 4 nitrogen and oxygen atoms in total. The molecule has 1 rings (SSSR count). The van der Waals surface area contributed by atoms with E-state index in [1.54, 1.807) is 6.92 Å². The van der Waals surface area contributed by atoms with Gasteiger partial charge in [-0.1, -0.05) is 0 Å². The maximum atomic E-state index is 11.9. The largest absolute Gasteiger partial charge is 0.381 e. The van der Waals surface area contributed by atoms with E-state index < -0.39 is 15.1 Å². The summed E-state index contributed by atoms with van der Waals surface area (Å²) in [7, 11) is -3.13. The Bertz CT molecular complexity index is 311. The minimum absolute atomic E-state index is 0.0830. The lowest BCUT2D eigenvalue weighted by molar-refractivity contribution is 0.0982. The highest BCUT2D eigenvalue weighted by atomic mass is 32.2. The second-order valence-electron chi connectivity index (χ2n) is 3.57. The van der Waals surface area contributed by atoms with Crippen LogP contribution in [-0.2, 0) is 14.6 Å². The van der Waals surface area contributed by atoms with E-state index in [1.807, 2.05) is 6.07 Å². The standard InChI is InChI=1S/C9H15NO3S/c1-8(2-5-10)14(11,12)9-3-6-13-7-4-9/h8-9H,2-4,6-7H2,1H3. The van der Waals surface area contributed by atoms with Crippen molar-refractivity contribution in [3.05, 3.63) is 0 Å². The summed E-state index contributed by atoms with van der Waals surface area (Å²) in [6.07, 6.45) is 1.22. The van der Waals surface area contributed by atoms with Crippen LogP contribution in [0, 0.1) is 11.3 Å². The predicted octanol–water partition coefficient (Wildman–Crippen LogP) is 0.882. The molecule has 0 aliphatic carbocycles. The van der Waals surface area contributed by atoms with Crippen LogP contribution in [0.5, 0.6) is 0 Å². The number of nitrogens with zero attached hydrogens (tertiary/aromatic N) is 1. The third-order valence-electron chi connectivity index (χ3n) is 2.57. The van der Waals surface area contributed by atoms with E-state index in [0.717, 1.165) is 0 Å². The van der Waals surface area contributed by atoms with E-state index in [1.165, 1.54) is 0 Å². The minimum Gasteiger partial charge on any atom is -0.381 e. The summed E-state index contributed by atoms with van der Waals surface area (Å²) < 4.78 is 28.8. The summed E-state index contributed by atoms with van der Waals surface area (Å²) in [5, 5.41) is 7.61. The maximum absolute atomic E-state index is 11.9. The molecular formula is C9H15NO3S. The number of hydrogen-bond donors (Lipinski definition) is 0. The predicted molar refractivity (Wildman–Crippen MR) is 52.5 cm³/mol. The molecule has 1 aliphatic rings.